The van der Waals surface area contributed by atoms with Crippen molar-refractivity contribution in [2.24, 2.45) is 0 Å². The van der Waals surface area contributed by atoms with E-state index >= 15 is 0 Å². The van der Waals surface area contributed by atoms with Gasteiger partial charge in [-0.1, -0.05) is 194 Å². The quantitative estimate of drug-likeness (QED) is 0.156. The van der Waals surface area contributed by atoms with Crippen LogP contribution >= 0.6 is 0 Å². The molecule has 0 fully saturated rings. The van der Waals surface area contributed by atoms with Crippen molar-refractivity contribution in [3.63, 3.8) is 0 Å². The van der Waals surface area contributed by atoms with Crippen molar-refractivity contribution in [1.29, 1.82) is 0 Å². The molecule has 4 N–H and O–H groups in total. The van der Waals surface area contributed by atoms with E-state index < -0.39 is 0 Å². The highest BCUT2D eigenvalue weighted by molar-refractivity contribution is 5.58. The lowest BCUT2D eigenvalue weighted by molar-refractivity contribution is 0.427. The predicted molar refractivity (Wildman–Crippen MR) is 254 cm³/mol. The molecule has 4 heteroatoms. The number of rotatable bonds is 6. The number of benzene rings is 4. The highest BCUT2D eigenvalue weighted by Crippen LogP contribution is 2.47. The Morgan fingerprint density at radius 1 is 0.373 bits per heavy atom. The zero-order valence-corrected chi connectivity index (χ0v) is 41.1. The van der Waals surface area contributed by atoms with Crippen LogP contribution < -0.4 is 0 Å². The van der Waals surface area contributed by atoms with Crippen LogP contribution in [-0.2, 0) is 51.8 Å². The molecule has 326 valence electrons. The van der Waals surface area contributed by atoms with Crippen molar-refractivity contribution in [2.75, 3.05) is 0 Å². The van der Waals surface area contributed by atoms with Gasteiger partial charge in [0.25, 0.3) is 0 Å². The van der Waals surface area contributed by atoms with E-state index in [0.29, 0.717) is 29.4 Å². The summed E-state index contributed by atoms with van der Waals surface area (Å²) in [5.41, 5.74) is 11.5. The Labute approximate surface area is 360 Å². The summed E-state index contributed by atoms with van der Waals surface area (Å²) in [4.78, 5) is 0. The fourth-order valence-electron chi connectivity index (χ4n) is 7.70. The molecule has 0 amide bonds. The van der Waals surface area contributed by atoms with Gasteiger partial charge in [0.15, 0.2) is 0 Å². The smallest absolute Gasteiger partial charge is 0.123 e. The van der Waals surface area contributed by atoms with Gasteiger partial charge in [-0.25, -0.2) is 0 Å². The van der Waals surface area contributed by atoms with E-state index in [-0.39, 0.29) is 38.4 Å². The van der Waals surface area contributed by atoms with Gasteiger partial charge in [-0.05, 0) is 101 Å². The number of phenolic OH excluding ortho intramolecular Hbond substituents is 4. The second-order valence-corrected chi connectivity index (χ2v) is 23.3. The minimum atomic E-state index is -0.189. The van der Waals surface area contributed by atoms with Gasteiger partial charge < -0.3 is 20.4 Å². The summed E-state index contributed by atoms with van der Waals surface area (Å²) in [5.74, 6) is 1.25. The third-order valence-corrected chi connectivity index (χ3v) is 11.9. The summed E-state index contributed by atoms with van der Waals surface area (Å²) in [6, 6.07) is 17.0. The van der Waals surface area contributed by atoms with Crippen LogP contribution in [0.1, 0.15) is 218 Å². The second-order valence-electron chi connectivity index (χ2n) is 23.3. The van der Waals surface area contributed by atoms with E-state index in [1.807, 2.05) is 0 Å². The summed E-state index contributed by atoms with van der Waals surface area (Å²) in [6.45, 7) is 45.2. The van der Waals surface area contributed by atoms with Gasteiger partial charge in [-0.3, -0.25) is 0 Å². The molecule has 4 nitrogen and oxygen atoms in total. The van der Waals surface area contributed by atoms with Crippen molar-refractivity contribution >= 4 is 0 Å². The molecular formula is C55H82O4. The van der Waals surface area contributed by atoms with Crippen molar-refractivity contribution in [3.05, 3.63) is 115 Å². The predicted octanol–water partition coefficient (Wildman–Crippen LogP) is 14.8. The lowest BCUT2D eigenvalue weighted by Crippen LogP contribution is -2.19. The van der Waals surface area contributed by atoms with E-state index in [9.17, 15) is 20.4 Å². The normalized spacial score (nSPS) is 13.1. The lowest BCUT2D eigenvalue weighted by atomic mass is 9.74. The summed E-state index contributed by atoms with van der Waals surface area (Å²) in [7, 11) is 0. The first-order valence-corrected chi connectivity index (χ1v) is 22.0. The Kier molecular flexibility index (Phi) is 14.4. The van der Waals surface area contributed by atoms with Crippen molar-refractivity contribution in [3.8, 4) is 23.0 Å². The van der Waals surface area contributed by atoms with E-state index in [2.05, 4.69) is 194 Å². The molecule has 0 saturated carbocycles. The van der Waals surface area contributed by atoms with Crippen LogP contribution in [0.4, 0.5) is 0 Å². The molecule has 0 aromatic heterocycles. The SMILES string of the molecule is CC(c1cc(C(C)(C)C)cc(C(C)(C)C)c1O)c1cc(C(C)(C)C)cc(C(C)(C)C)c1O.CCc1cc(Cc2cc(CC)cc(C(C)(C)C)c2O)c(O)c(C(C)(C)C)c1. The first-order chi connectivity index (χ1) is 26.5. The highest BCUT2D eigenvalue weighted by atomic mass is 16.3. The van der Waals surface area contributed by atoms with E-state index in [4.69, 9.17) is 0 Å². The second kappa shape index (κ2) is 17.2. The largest absolute Gasteiger partial charge is 0.507 e. The van der Waals surface area contributed by atoms with E-state index in [1.54, 1.807) is 0 Å². The van der Waals surface area contributed by atoms with Gasteiger partial charge >= 0.3 is 0 Å². The Morgan fingerprint density at radius 2 is 0.644 bits per heavy atom. The standard InChI is InChI=1S/C30H46O2.C25H36O2/c1-18(21-14-19(27(2,3)4)16-23(25(21)31)29(8,9)10)22-15-20(28(5,6)7)17-24(26(22)32)30(11,12)13;1-9-16-11-18(22(26)20(13-16)24(3,4)5)15-19-12-17(10-2)14-21(23(19)27)25(6,7)8/h14-18,31-32H,1-13H3;11-14,26-27H,9-10,15H2,1-8H3. The third-order valence-electron chi connectivity index (χ3n) is 11.9. The van der Waals surface area contributed by atoms with Crippen molar-refractivity contribution in [1.82, 2.24) is 0 Å². The Hall–Kier alpha value is -3.92. The molecule has 0 spiro atoms. The first-order valence-electron chi connectivity index (χ1n) is 22.0. The van der Waals surface area contributed by atoms with Crippen LogP contribution in [0.25, 0.3) is 0 Å². The summed E-state index contributed by atoms with van der Waals surface area (Å²) >= 11 is 0. The topological polar surface area (TPSA) is 80.9 Å². The molecule has 0 heterocycles. The maximum atomic E-state index is 11.4. The maximum Gasteiger partial charge on any atom is 0.123 e. The molecule has 0 bridgehead atoms. The molecule has 0 aliphatic rings. The maximum absolute atomic E-state index is 11.4. The Morgan fingerprint density at radius 3 is 0.881 bits per heavy atom. The number of aromatic hydroxyl groups is 4. The van der Waals surface area contributed by atoms with Crippen LogP contribution in [0.5, 0.6) is 23.0 Å². The molecule has 4 aromatic carbocycles. The molecule has 0 aliphatic carbocycles. The van der Waals surface area contributed by atoms with Gasteiger partial charge in [0.1, 0.15) is 23.0 Å². The minimum absolute atomic E-state index is 0.0476. The fraction of sp³-hybridized carbons (Fsp3) is 0.564. The monoisotopic (exact) mass is 807 g/mol. The fourth-order valence-corrected chi connectivity index (χ4v) is 7.70. The van der Waals surface area contributed by atoms with Crippen LogP contribution in [0, 0.1) is 0 Å². The van der Waals surface area contributed by atoms with Gasteiger partial charge in [0, 0.05) is 23.5 Å². The zero-order chi connectivity index (χ0) is 45.6. The first kappa shape index (κ1) is 49.4. The van der Waals surface area contributed by atoms with Crippen LogP contribution in [-0.4, -0.2) is 20.4 Å². The minimum Gasteiger partial charge on any atom is -0.507 e. The Bertz CT molecular complexity index is 1960. The van der Waals surface area contributed by atoms with Crippen molar-refractivity contribution < 1.29 is 20.4 Å². The highest BCUT2D eigenvalue weighted by Gasteiger charge is 2.31. The van der Waals surface area contributed by atoms with Gasteiger partial charge in [0.05, 0.1) is 0 Å². The molecule has 0 radical (unpaired) electrons. The summed E-state index contributed by atoms with van der Waals surface area (Å²) in [6.07, 6.45) is 2.38. The van der Waals surface area contributed by atoms with Gasteiger partial charge in [0.2, 0.25) is 0 Å². The number of hydrogen-bond donors (Lipinski definition) is 4. The van der Waals surface area contributed by atoms with Gasteiger partial charge in [-0.15, -0.1) is 0 Å². The third kappa shape index (κ3) is 11.7. The molecule has 4 aromatic rings. The number of hydrogen-bond acceptors (Lipinski definition) is 4. The molecule has 4 rings (SSSR count). The average molecular weight is 807 g/mol. The molecular weight excluding hydrogens is 725 g/mol. The van der Waals surface area contributed by atoms with E-state index in [0.717, 1.165) is 57.3 Å². The summed E-state index contributed by atoms with van der Waals surface area (Å²) in [5, 5.41) is 44.8. The number of aryl methyl sites for hydroxylation is 2. The van der Waals surface area contributed by atoms with Gasteiger partial charge in [-0.2, -0.15) is 0 Å². The zero-order valence-electron chi connectivity index (χ0n) is 41.1. The molecule has 59 heavy (non-hydrogen) atoms. The van der Waals surface area contributed by atoms with Crippen LogP contribution in [0.2, 0.25) is 0 Å². The van der Waals surface area contributed by atoms with E-state index in [1.165, 1.54) is 22.3 Å². The molecule has 0 atom stereocenters. The Balaban J connectivity index is 0.000000320. The molecule has 0 aliphatic heterocycles. The van der Waals surface area contributed by atoms with Crippen LogP contribution in [0.15, 0.2) is 48.5 Å². The molecule has 0 saturated heterocycles. The summed E-state index contributed by atoms with van der Waals surface area (Å²) < 4.78 is 0. The van der Waals surface area contributed by atoms with Crippen molar-refractivity contribution in [2.45, 2.75) is 203 Å². The lowest BCUT2D eigenvalue weighted by Gasteiger charge is -2.31. The molecule has 0 unspecified atom stereocenters. The average Bonchev–Trinajstić information content (AvgIpc) is 3.07. The van der Waals surface area contributed by atoms with Crippen LogP contribution in [0.3, 0.4) is 0 Å². The number of phenols is 4.